The Balaban J connectivity index is 2.04. The standard InChI is InChI=1S/C17H24N4O2S/c1-12-6-8-13(9-7-12)15-19-21(16(24)23-15)11-20(5)10-14(22)18-17(2,3)4/h6-9H,10-11H2,1-5H3,(H,18,22). The third-order valence-electron chi connectivity index (χ3n) is 3.21. The zero-order chi connectivity index (χ0) is 17.9. The van der Waals surface area contributed by atoms with Crippen LogP contribution in [0.3, 0.4) is 0 Å². The van der Waals surface area contributed by atoms with Crippen molar-refractivity contribution in [1.29, 1.82) is 0 Å². The summed E-state index contributed by atoms with van der Waals surface area (Å²) in [6, 6.07) is 7.88. The first kappa shape index (κ1) is 18.4. The van der Waals surface area contributed by atoms with Gasteiger partial charge in [-0.25, -0.2) is 4.68 Å². The number of nitrogens with one attached hydrogen (secondary N) is 1. The van der Waals surface area contributed by atoms with Gasteiger partial charge >= 0.3 is 0 Å². The Bertz CT molecular complexity index is 756. The molecule has 0 fully saturated rings. The highest BCUT2D eigenvalue weighted by atomic mass is 32.1. The van der Waals surface area contributed by atoms with Crippen molar-refractivity contribution in [1.82, 2.24) is 20.0 Å². The zero-order valence-electron chi connectivity index (χ0n) is 14.8. The molecule has 0 atom stereocenters. The third kappa shape index (κ3) is 5.28. The van der Waals surface area contributed by atoms with Crippen molar-refractivity contribution in [2.24, 2.45) is 0 Å². The van der Waals surface area contributed by atoms with E-state index in [1.54, 1.807) is 4.68 Å². The normalized spacial score (nSPS) is 11.8. The first-order valence-corrected chi connectivity index (χ1v) is 8.19. The molecule has 0 aliphatic heterocycles. The predicted octanol–water partition coefficient (Wildman–Crippen LogP) is 2.99. The maximum absolute atomic E-state index is 12.0. The number of hydrogen-bond donors (Lipinski definition) is 1. The van der Waals surface area contributed by atoms with E-state index in [4.69, 9.17) is 16.6 Å². The van der Waals surface area contributed by atoms with Crippen LogP contribution < -0.4 is 5.32 Å². The van der Waals surface area contributed by atoms with Gasteiger partial charge in [0.25, 0.3) is 4.84 Å². The summed E-state index contributed by atoms with van der Waals surface area (Å²) >= 11 is 5.22. The summed E-state index contributed by atoms with van der Waals surface area (Å²) in [4.78, 5) is 14.1. The molecule has 1 heterocycles. The summed E-state index contributed by atoms with van der Waals surface area (Å²) in [6.45, 7) is 8.51. The van der Waals surface area contributed by atoms with Gasteiger partial charge < -0.3 is 9.73 Å². The Kier molecular flexibility index (Phi) is 5.56. The van der Waals surface area contributed by atoms with Gasteiger partial charge in [0.2, 0.25) is 11.8 Å². The van der Waals surface area contributed by atoms with Gasteiger partial charge in [-0.2, -0.15) is 0 Å². The zero-order valence-corrected chi connectivity index (χ0v) is 15.6. The average molecular weight is 348 g/mol. The summed E-state index contributed by atoms with van der Waals surface area (Å²) < 4.78 is 7.14. The molecule has 0 unspecified atom stereocenters. The fourth-order valence-corrected chi connectivity index (χ4v) is 2.37. The average Bonchev–Trinajstić information content (AvgIpc) is 2.78. The Morgan fingerprint density at radius 1 is 1.33 bits per heavy atom. The number of hydrogen-bond acceptors (Lipinski definition) is 5. The van der Waals surface area contributed by atoms with Crippen LogP contribution in [0.5, 0.6) is 0 Å². The van der Waals surface area contributed by atoms with E-state index in [1.165, 1.54) is 5.56 Å². The highest BCUT2D eigenvalue weighted by Crippen LogP contribution is 2.18. The van der Waals surface area contributed by atoms with Gasteiger partial charge in [0.15, 0.2) is 0 Å². The lowest BCUT2D eigenvalue weighted by molar-refractivity contribution is -0.123. The van der Waals surface area contributed by atoms with Crippen LogP contribution in [-0.2, 0) is 11.5 Å². The van der Waals surface area contributed by atoms with Crippen LogP contribution >= 0.6 is 12.2 Å². The molecule has 130 valence electrons. The second-order valence-corrected chi connectivity index (χ2v) is 7.34. The van der Waals surface area contributed by atoms with Gasteiger partial charge in [0.05, 0.1) is 13.2 Å². The summed E-state index contributed by atoms with van der Waals surface area (Å²) in [5.41, 5.74) is 1.79. The number of rotatable bonds is 5. The Hall–Kier alpha value is -1.99. The van der Waals surface area contributed by atoms with E-state index in [-0.39, 0.29) is 22.8 Å². The fourth-order valence-electron chi connectivity index (χ4n) is 2.19. The Labute approximate surface area is 147 Å². The molecule has 2 aromatic rings. The Morgan fingerprint density at radius 2 is 1.96 bits per heavy atom. The second-order valence-electron chi connectivity index (χ2n) is 6.99. The van der Waals surface area contributed by atoms with Gasteiger partial charge in [0.1, 0.15) is 0 Å². The smallest absolute Gasteiger partial charge is 0.288 e. The van der Waals surface area contributed by atoms with Crippen LogP contribution in [0.1, 0.15) is 26.3 Å². The maximum Gasteiger partial charge on any atom is 0.288 e. The SMILES string of the molecule is Cc1ccc(-c2nn(CN(C)CC(=O)NC(C)(C)C)c(=S)o2)cc1. The molecule has 1 aromatic heterocycles. The maximum atomic E-state index is 12.0. The first-order valence-electron chi connectivity index (χ1n) is 7.78. The molecule has 7 heteroatoms. The molecule has 1 amide bonds. The summed E-state index contributed by atoms with van der Waals surface area (Å²) in [5.74, 6) is 0.436. The van der Waals surface area contributed by atoms with E-state index in [2.05, 4.69) is 10.4 Å². The van der Waals surface area contributed by atoms with Crippen molar-refractivity contribution in [2.45, 2.75) is 39.9 Å². The van der Waals surface area contributed by atoms with Crippen molar-refractivity contribution in [3.63, 3.8) is 0 Å². The second kappa shape index (κ2) is 7.27. The van der Waals surface area contributed by atoms with E-state index in [1.807, 2.05) is 63.9 Å². The van der Waals surface area contributed by atoms with Gasteiger partial charge in [0, 0.05) is 11.1 Å². The Morgan fingerprint density at radius 3 is 2.54 bits per heavy atom. The number of likely N-dealkylation sites (N-methyl/N-ethyl adjacent to an activating group) is 1. The van der Waals surface area contributed by atoms with E-state index in [9.17, 15) is 4.79 Å². The van der Waals surface area contributed by atoms with Crippen molar-refractivity contribution >= 4 is 18.1 Å². The molecule has 0 bridgehead atoms. The van der Waals surface area contributed by atoms with E-state index in [0.29, 0.717) is 12.6 Å². The lowest BCUT2D eigenvalue weighted by Crippen LogP contribution is -2.45. The number of benzene rings is 1. The molecule has 6 nitrogen and oxygen atoms in total. The summed E-state index contributed by atoms with van der Waals surface area (Å²) in [6.07, 6.45) is 0. The van der Waals surface area contributed by atoms with Gasteiger partial charge in [-0.1, -0.05) is 17.7 Å². The van der Waals surface area contributed by atoms with Crippen LogP contribution in [0.4, 0.5) is 0 Å². The number of carbonyl (C=O) groups excluding carboxylic acids is 1. The first-order chi connectivity index (χ1) is 11.1. The molecule has 24 heavy (non-hydrogen) atoms. The van der Waals surface area contributed by atoms with E-state index in [0.717, 1.165) is 5.56 Å². The molecule has 0 saturated carbocycles. The molecule has 0 aliphatic rings. The van der Waals surface area contributed by atoms with E-state index >= 15 is 0 Å². The van der Waals surface area contributed by atoms with Crippen molar-refractivity contribution in [3.8, 4) is 11.5 Å². The molecule has 0 radical (unpaired) electrons. The molecule has 1 aromatic carbocycles. The fraction of sp³-hybridized carbons (Fsp3) is 0.471. The largest absolute Gasteiger partial charge is 0.409 e. The minimum atomic E-state index is -0.249. The highest BCUT2D eigenvalue weighted by molar-refractivity contribution is 7.71. The van der Waals surface area contributed by atoms with Crippen LogP contribution in [0.25, 0.3) is 11.5 Å². The van der Waals surface area contributed by atoms with Gasteiger partial charge in [-0.15, -0.1) is 5.10 Å². The van der Waals surface area contributed by atoms with Crippen molar-refractivity contribution < 1.29 is 9.21 Å². The topological polar surface area (TPSA) is 63.3 Å². The molecule has 0 aliphatic carbocycles. The molecular formula is C17H24N4O2S. The number of amides is 1. The molecule has 1 N–H and O–H groups in total. The number of nitrogens with zero attached hydrogens (tertiary/aromatic N) is 3. The van der Waals surface area contributed by atoms with Crippen LogP contribution in [-0.4, -0.2) is 39.7 Å². The number of aryl methyl sites for hydroxylation is 1. The number of carbonyl (C=O) groups is 1. The molecular weight excluding hydrogens is 324 g/mol. The molecule has 0 spiro atoms. The third-order valence-corrected chi connectivity index (χ3v) is 3.50. The lowest BCUT2D eigenvalue weighted by atomic mass is 10.1. The van der Waals surface area contributed by atoms with Gasteiger partial charge in [-0.3, -0.25) is 9.69 Å². The summed E-state index contributed by atoms with van der Waals surface area (Å²) in [7, 11) is 1.84. The predicted molar refractivity (Wildman–Crippen MR) is 96.0 cm³/mol. The minimum Gasteiger partial charge on any atom is -0.409 e. The summed E-state index contributed by atoms with van der Waals surface area (Å²) in [5, 5.41) is 7.33. The van der Waals surface area contributed by atoms with Gasteiger partial charge in [-0.05, 0) is 59.1 Å². The van der Waals surface area contributed by atoms with E-state index < -0.39 is 0 Å². The highest BCUT2D eigenvalue weighted by Gasteiger charge is 2.16. The molecule has 2 rings (SSSR count). The van der Waals surface area contributed by atoms with Crippen LogP contribution in [0.2, 0.25) is 0 Å². The quantitative estimate of drug-likeness (QED) is 0.842. The van der Waals surface area contributed by atoms with Crippen molar-refractivity contribution in [3.05, 3.63) is 34.7 Å². The van der Waals surface area contributed by atoms with Crippen LogP contribution in [0.15, 0.2) is 28.7 Å². The van der Waals surface area contributed by atoms with Crippen LogP contribution in [0, 0.1) is 11.8 Å². The van der Waals surface area contributed by atoms with Crippen molar-refractivity contribution in [2.75, 3.05) is 13.6 Å². The minimum absolute atomic E-state index is 0.0428. The lowest BCUT2D eigenvalue weighted by Gasteiger charge is -2.23. The molecule has 0 saturated heterocycles. The monoisotopic (exact) mass is 348 g/mol. The number of aromatic nitrogens is 2.